The summed E-state index contributed by atoms with van der Waals surface area (Å²) in [4.78, 5) is 15.9. The Bertz CT molecular complexity index is 783. The van der Waals surface area contributed by atoms with Crippen molar-refractivity contribution in [3.05, 3.63) is 71.0 Å². The predicted octanol–water partition coefficient (Wildman–Crippen LogP) is 3.80. The van der Waals surface area contributed by atoms with E-state index < -0.39 is 17.6 Å². The van der Waals surface area contributed by atoms with Gasteiger partial charge in [-0.15, -0.1) is 0 Å². The minimum atomic E-state index is -4.57. The Balaban J connectivity index is 1.65. The van der Waals surface area contributed by atoms with Gasteiger partial charge >= 0.3 is 6.18 Å². The summed E-state index contributed by atoms with van der Waals surface area (Å²) in [5, 5.41) is 0. The van der Waals surface area contributed by atoms with Crippen LogP contribution in [0.4, 0.5) is 17.6 Å². The molecule has 2 aromatic rings. The topological polar surface area (TPSA) is 23.6 Å². The fourth-order valence-corrected chi connectivity index (χ4v) is 3.06. The molecule has 1 fully saturated rings. The Labute approximate surface area is 148 Å². The molecule has 3 rings (SSSR count). The molecule has 0 spiro atoms. The number of hydrogen-bond acceptors (Lipinski definition) is 2. The maximum absolute atomic E-state index is 13.7. The summed E-state index contributed by atoms with van der Waals surface area (Å²) in [5.41, 5.74) is -0.684. The van der Waals surface area contributed by atoms with Crippen LogP contribution in [0.25, 0.3) is 0 Å². The third kappa shape index (κ3) is 4.04. The Morgan fingerprint density at radius 3 is 2.19 bits per heavy atom. The molecule has 0 N–H and O–H groups in total. The summed E-state index contributed by atoms with van der Waals surface area (Å²) in [6, 6.07) is 11.3. The van der Waals surface area contributed by atoms with Crippen molar-refractivity contribution < 1.29 is 22.4 Å². The average molecular weight is 366 g/mol. The summed E-state index contributed by atoms with van der Waals surface area (Å²) < 4.78 is 53.0. The van der Waals surface area contributed by atoms with E-state index in [1.807, 2.05) is 4.90 Å². The van der Waals surface area contributed by atoms with E-state index in [0.29, 0.717) is 38.3 Å². The van der Waals surface area contributed by atoms with Gasteiger partial charge in [-0.3, -0.25) is 9.69 Å². The molecule has 1 amide bonds. The highest BCUT2D eigenvalue weighted by molar-refractivity contribution is 5.96. The monoisotopic (exact) mass is 366 g/mol. The summed E-state index contributed by atoms with van der Waals surface area (Å²) in [6.07, 6.45) is -4.57. The first kappa shape index (κ1) is 18.4. The third-order valence-corrected chi connectivity index (χ3v) is 4.47. The summed E-state index contributed by atoms with van der Waals surface area (Å²) in [5.74, 6) is -0.909. The second-order valence-corrected chi connectivity index (χ2v) is 6.20. The molecule has 0 aliphatic carbocycles. The lowest BCUT2D eigenvalue weighted by molar-refractivity contribution is -0.138. The molecule has 138 valence electrons. The Kier molecular flexibility index (Phi) is 5.27. The van der Waals surface area contributed by atoms with Crippen molar-refractivity contribution in [3.8, 4) is 0 Å². The van der Waals surface area contributed by atoms with E-state index in [1.54, 1.807) is 18.2 Å². The number of carbonyl (C=O) groups is 1. The highest BCUT2D eigenvalue weighted by Gasteiger charge is 2.36. The zero-order valence-electron chi connectivity index (χ0n) is 14.0. The van der Waals surface area contributed by atoms with Gasteiger partial charge in [-0.25, -0.2) is 4.39 Å². The number of amides is 1. The number of nitrogens with zero attached hydrogens (tertiary/aromatic N) is 2. The van der Waals surface area contributed by atoms with Crippen LogP contribution in [0.3, 0.4) is 0 Å². The van der Waals surface area contributed by atoms with E-state index in [1.165, 1.54) is 29.2 Å². The van der Waals surface area contributed by atoms with E-state index in [2.05, 4.69) is 0 Å². The maximum Gasteiger partial charge on any atom is 0.417 e. The van der Waals surface area contributed by atoms with Gasteiger partial charge in [0.25, 0.3) is 5.91 Å². The molecule has 0 radical (unpaired) electrons. The van der Waals surface area contributed by atoms with Crippen LogP contribution < -0.4 is 0 Å². The van der Waals surface area contributed by atoms with Crippen molar-refractivity contribution >= 4 is 5.91 Å². The normalized spacial score (nSPS) is 15.9. The van der Waals surface area contributed by atoms with Gasteiger partial charge in [-0.05, 0) is 18.2 Å². The fraction of sp³-hybridized carbons (Fsp3) is 0.316. The first-order valence-electron chi connectivity index (χ1n) is 8.27. The maximum atomic E-state index is 13.7. The van der Waals surface area contributed by atoms with E-state index in [0.717, 1.165) is 6.07 Å². The molecule has 0 atom stereocenters. The Morgan fingerprint density at radius 1 is 0.923 bits per heavy atom. The minimum Gasteiger partial charge on any atom is -0.336 e. The number of benzene rings is 2. The van der Waals surface area contributed by atoms with Gasteiger partial charge in [0, 0.05) is 38.3 Å². The molecule has 0 bridgehead atoms. The molecular weight excluding hydrogens is 348 g/mol. The van der Waals surface area contributed by atoms with Gasteiger partial charge < -0.3 is 4.90 Å². The van der Waals surface area contributed by atoms with Crippen molar-refractivity contribution in [3.63, 3.8) is 0 Å². The quantitative estimate of drug-likeness (QED) is 0.772. The number of alkyl halides is 3. The molecule has 0 saturated carbocycles. The second kappa shape index (κ2) is 7.45. The average Bonchev–Trinajstić information content (AvgIpc) is 2.63. The van der Waals surface area contributed by atoms with Gasteiger partial charge in [0.1, 0.15) is 5.82 Å². The van der Waals surface area contributed by atoms with Gasteiger partial charge in [-0.1, -0.05) is 30.3 Å². The lowest BCUT2D eigenvalue weighted by atomic mass is 10.1. The van der Waals surface area contributed by atoms with E-state index in [9.17, 15) is 22.4 Å². The Morgan fingerprint density at radius 2 is 1.54 bits per heavy atom. The fourth-order valence-electron chi connectivity index (χ4n) is 3.06. The molecule has 1 aliphatic heterocycles. The first-order chi connectivity index (χ1) is 12.4. The van der Waals surface area contributed by atoms with Crippen molar-refractivity contribution in [2.75, 3.05) is 26.2 Å². The molecule has 0 aromatic heterocycles. The van der Waals surface area contributed by atoms with Crippen LogP contribution in [0.15, 0.2) is 48.5 Å². The number of rotatable bonds is 3. The van der Waals surface area contributed by atoms with E-state index in [4.69, 9.17) is 0 Å². The number of carbonyl (C=O) groups excluding carboxylic acids is 1. The summed E-state index contributed by atoms with van der Waals surface area (Å²) in [7, 11) is 0. The molecule has 1 saturated heterocycles. The SMILES string of the molecule is O=C(c1ccccc1C(F)(F)F)N1CCN(Cc2ccccc2F)CC1. The molecule has 1 heterocycles. The van der Waals surface area contributed by atoms with Crippen LogP contribution >= 0.6 is 0 Å². The lowest BCUT2D eigenvalue weighted by Gasteiger charge is -2.35. The van der Waals surface area contributed by atoms with Crippen LogP contribution in [-0.4, -0.2) is 41.9 Å². The smallest absolute Gasteiger partial charge is 0.336 e. The zero-order valence-corrected chi connectivity index (χ0v) is 14.0. The predicted molar refractivity (Wildman–Crippen MR) is 89.0 cm³/mol. The van der Waals surface area contributed by atoms with E-state index >= 15 is 0 Å². The van der Waals surface area contributed by atoms with Gasteiger partial charge in [-0.2, -0.15) is 13.2 Å². The van der Waals surface area contributed by atoms with Crippen molar-refractivity contribution in [2.24, 2.45) is 0 Å². The molecule has 1 aliphatic rings. The van der Waals surface area contributed by atoms with Crippen LogP contribution in [0.2, 0.25) is 0 Å². The van der Waals surface area contributed by atoms with Crippen molar-refractivity contribution in [1.29, 1.82) is 0 Å². The molecule has 7 heteroatoms. The standard InChI is InChI=1S/C19H18F4N2O/c20-17-8-4-1-5-14(17)13-24-9-11-25(12-10-24)18(26)15-6-2-3-7-16(15)19(21,22)23/h1-8H,9-13H2. The lowest BCUT2D eigenvalue weighted by Crippen LogP contribution is -2.48. The third-order valence-electron chi connectivity index (χ3n) is 4.47. The number of hydrogen-bond donors (Lipinski definition) is 0. The largest absolute Gasteiger partial charge is 0.417 e. The molecule has 0 unspecified atom stereocenters. The van der Waals surface area contributed by atoms with E-state index in [-0.39, 0.29) is 11.4 Å². The summed E-state index contributed by atoms with van der Waals surface area (Å²) >= 11 is 0. The highest BCUT2D eigenvalue weighted by Crippen LogP contribution is 2.32. The molecular formula is C19H18F4N2O. The first-order valence-corrected chi connectivity index (χ1v) is 8.27. The Hall–Kier alpha value is -2.41. The van der Waals surface area contributed by atoms with Gasteiger partial charge in [0.05, 0.1) is 11.1 Å². The summed E-state index contributed by atoms with van der Waals surface area (Å²) in [6.45, 7) is 1.98. The van der Waals surface area contributed by atoms with Gasteiger partial charge in [0.15, 0.2) is 0 Å². The highest BCUT2D eigenvalue weighted by atomic mass is 19.4. The second-order valence-electron chi connectivity index (χ2n) is 6.20. The van der Waals surface area contributed by atoms with Crippen molar-refractivity contribution in [1.82, 2.24) is 9.80 Å². The molecule has 26 heavy (non-hydrogen) atoms. The van der Waals surface area contributed by atoms with Crippen molar-refractivity contribution in [2.45, 2.75) is 12.7 Å². The van der Waals surface area contributed by atoms with Crippen LogP contribution in [0, 0.1) is 5.82 Å². The van der Waals surface area contributed by atoms with Crippen LogP contribution in [0.1, 0.15) is 21.5 Å². The minimum absolute atomic E-state index is 0.287. The molecule has 2 aromatic carbocycles. The zero-order chi connectivity index (χ0) is 18.7. The number of piperazine rings is 1. The number of halogens is 4. The van der Waals surface area contributed by atoms with Crippen LogP contribution in [0.5, 0.6) is 0 Å². The molecule has 3 nitrogen and oxygen atoms in total. The van der Waals surface area contributed by atoms with Gasteiger partial charge in [0.2, 0.25) is 0 Å². The van der Waals surface area contributed by atoms with Crippen LogP contribution in [-0.2, 0) is 12.7 Å².